The third kappa shape index (κ3) is 5.10. The van der Waals surface area contributed by atoms with Gasteiger partial charge in [-0.15, -0.1) is 0 Å². The van der Waals surface area contributed by atoms with Crippen molar-refractivity contribution in [3.05, 3.63) is 35.1 Å². The van der Waals surface area contributed by atoms with E-state index in [1.807, 2.05) is 0 Å². The molecule has 0 radical (unpaired) electrons. The monoisotopic (exact) mass is 257 g/mol. The first kappa shape index (κ1) is 15.0. The highest BCUT2D eigenvalue weighted by atomic mass is 19.1. The van der Waals surface area contributed by atoms with Gasteiger partial charge in [-0.25, -0.2) is 4.39 Å². The predicted molar refractivity (Wildman–Crippen MR) is 66.6 cm³/mol. The van der Waals surface area contributed by atoms with Crippen LogP contribution in [0, 0.1) is 5.82 Å². The van der Waals surface area contributed by atoms with E-state index < -0.39 is 0 Å². The third-order valence-electron chi connectivity index (χ3n) is 2.44. The van der Waals surface area contributed by atoms with Gasteiger partial charge >= 0.3 is 0 Å². The van der Waals surface area contributed by atoms with Gasteiger partial charge in [0.2, 0.25) is 0 Å². The summed E-state index contributed by atoms with van der Waals surface area (Å²) in [4.78, 5) is 0. The smallest absolute Gasteiger partial charge is 0.133 e. The SMILES string of the molecule is COCCOCCOCc1cccc(CN)c1F. The minimum absolute atomic E-state index is 0.194. The van der Waals surface area contributed by atoms with E-state index >= 15 is 0 Å². The Labute approximate surface area is 107 Å². The zero-order chi connectivity index (χ0) is 13.2. The van der Waals surface area contributed by atoms with Crippen molar-refractivity contribution in [1.29, 1.82) is 0 Å². The van der Waals surface area contributed by atoms with E-state index in [1.165, 1.54) is 0 Å². The molecule has 0 aliphatic rings. The first-order valence-corrected chi connectivity index (χ1v) is 5.90. The van der Waals surface area contributed by atoms with E-state index in [9.17, 15) is 4.39 Å². The number of nitrogens with two attached hydrogens (primary N) is 1. The molecule has 0 saturated heterocycles. The summed E-state index contributed by atoms with van der Waals surface area (Å²) in [6.07, 6.45) is 0. The summed E-state index contributed by atoms with van der Waals surface area (Å²) < 4.78 is 29.1. The van der Waals surface area contributed by atoms with Gasteiger partial charge in [0.05, 0.1) is 33.0 Å². The molecule has 0 aromatic heterocycles. The normalized spacial score (nSPS) is 10.8. The Morgan fingerprint density at radius 2 is 1.72 bits per heavy atom. The molecule has 0 atom stereocenters. The van der Waals surface area contributed by atoms with Crippen LogP contribution >= 0.6 is 0 Å². The largest absolute Gasteiger partial charge is 0.382 e. The number of hydrogen-bond acceptors (Lipinski definition) is 4. The van der Waals surface area contributed by atoms with Crippen molar-refractivity contribution in [1.82, 2.24) is 0 Å². The quantitative estimate of drug-likeness (QED) is 0.681. The van der Waals surface area contributed by atoms with Crippen LogP contribution in [-0.4, -0.2) is 33.5 Å². The van der Waals surface area contributed by atoms with Gasteiger partial charge in [-0.1, -0.05) is 18.2 Å². The van der Waals surface area contributed by atoms with Crippen molar-refractivity contribution in [2.45, 2.75) is 13.2 Å². The van der Waals surface area contributed by atoms with Gasteiger partial charge in [0, 0.05) is 24.8 Å². The zero-order valence-electron chi connectivity index (χ0n) is 10.7. The van der Waals surface area contributed by atoms with Gasteiger partial charge in [0.25, 0.3) is 0 Å². The maximum Gasteiger partial charge on any atom is 0.133 e. The first-order chi connectivity index (χ1) is 8.79. The van der Waals surface area contributed by atoms with Gasteiger partial charge < -0.3 is 19.9 Å². The maximum atomic E-state index is 13.7. The molecule has 5 heteroatoms. The van der Waals surface area contributed by atoms with Gasteiger partial charge in [0.15, 0.2) is 0 Å². The van der Waals surface area contributed by atoms with E-state index in [1.54, 1.807) is 25.3 Å². The first-order valence-electron chi connectivity index (χ1n) is 5.90. The van der Waals surface area contributed by atoms with Crippen LogP contribution in [0.1, 0.15) is 11.1 Å². The van der Waals surface area contributed by atoms with Crippen LogP contribution in [0.2, 0.25) is 0 Å². The lowest BCUT2D eigenvalue weighted by Crippen LogP contribution is -2.09. The minimum atomic E-state index is -0.277. The standard InChI is InChI=1S/C13H20FNO3/c1-16-5-6-17-7-8-18-10-12-4-2-3-11(9-15)13(12)14/h2-4H,5-10,15H2,1H3. The van der Waals surface area contributed by atoms with Crippen LogP contribution in [0.4, 0.5) is 4.39 Å². The van der Waals surface area contributed by atoms with E-state index in [0.717, 1.165) is 0 Å². The number of rotatable bonds is 9. The second-order valence-corrected chi connectivity index (χ2v) is 3.75. The zero-order valence-corrected chi connectivity index (χ0v) is 10.7. The highest BCUT2D eigenvalue weighted by molar-refractivity contribution is 5.25. The topological polar surface area (TPSA) is 53.7 Å². The molecule has 0 aliphatic heterocycles. The molecule has 0 bridgehead atoms. The number of halogens is 1. The highest BCUT2D eigenvalue weighted by Gasteiger charge is 2.06. The van der Waals surface area contributed by atoms with Gasteiger partial charge in [-0.2, -0.15) is 0 Å². The number of ether oxygens (including phenoxy) is 3. The van der Waals surface area contributed by atoms with Crippen molar-refractivity contribution in [2.24, 2.45) is 5.73 Å². The van der Waals surface area contributed by atoms with E-state index in [0.29, 0.717) is 37.6 Å². The average molecular weight is 257 g/mol. The van der Waals surface area contributed by atoms with Crippen LogP contribution in [0.5, 0.6) is 0 Å². The second kappa shape index (κ2) is 8.99. The molecule has 2 N–H and O–H groups in total. The molecular formula is C13H20FNO3. The molecular weight excluding hydrogens is 237 g/mol. The molecule has 0 fully saturated rings. The Kier molecular flexibility index (Phi) is 7.52. The van der Waals surface area contributed by atoms with Crippen LogP contribution in [0.25, 0.3) is 0 Å². The summed E-state index contributed by atoms with van der Waals surface area (Å²) in [5.74, 6) is -0.277. The maximum absolute atomic E-state index is 13.7. The Balaban J connectivity index is 2.23. The number of benzene rings is 1. The summed E-state index contributed by atoms with van der Waals surface area (Å²) in [5.41, 5.74) is 6.46. The fourth-order valence-electron chi connectivity index (χ4n) is 1.45. The number of methoxy groups -OCH3 is 1. The summed E-state index contributed by atoms with van der Waals surface area (Å²) >= 11 is 0. The van der Waals surface area contributed by atoms with E-state index in [2.05, 4.69) is 0 Å². The molecule has 0 unspecified atom stereocenters. The van der Waals surface area contributed by atoms with Gasteiger partial charge in [0.1, 0.15) is 5.82 Å². The van der Waals surface area contributed by atoms with E-state index in [4.69, 9.17) is 19.9 Å². The van der Waals surface area contributed by atoms with Crippen molar-refractivity contribution >= 4 is 0 Å². The summed E-state index contributed by atoms with van der Waals surface area (Å²) in [5, 5.41) is 0. The molecule has 18 heavy (non-hydrogen) atoms. The summed E-state index contributed by atoms with van der Waals surface area (Å²) in [7, 11) is 1.62. The Bertz CT molecular complexity index is 347. The molecule has 0 aliphatic carbocycles. The predicted octanol–water partition coefficient (Wildman–Crippen LogP) is 1.46. The Morgan fingerprint density at radius 1 is 1.06 bits per heavy atom. The molecule has 102 valence electrons. The molecule has 4 nitrogen and oxygen atoms in total. The van der Waals surface area contributed by atoms with Crippen molar-refractivity contribution in [2.75, 3.05) is 33.5 Å². The third-order valence-corrected chi connectivity index (χ3v) is 2.44. The lowest BCUT2D eigenvalue weighted by atomic mass is 10.1. The molecule has 1 aromatic rings. The summed E-state index contributed by atoms with van der Waals surface area (Å²) in [6, 6.07) is 5.14. The Hall–Kier alpha value is -1.01. The van der Waals surface area contributed by atoms with Crippen molar-refractivity contribution in [3.8, 4) is 0 Å². The molecule has 0 saturated carbocycles. The molecule has 1 rings (SSSR count). The lowest BCUT2D eigenvalue weighted by molar-refractivity contribution is 0.0193. The lowest BCUT2D eigenvalue weighted by Gasteiger charge is -2.08. The number of hydrogen-bond donors (Lipinski definition) is 1. The fourth-order valence-corrected chi connectivity index (χ4v) is 1.45. The van der Waals surface area contributed by atoms with Crippen LogP contribution in [-0.2, 0) is 27.4 Å². The van der Waals surface area contributed by atoms with Crippen LogP contribution in [0.3, 0.4) is 0 Å². The summed E-state index contributed by atoms with van der Waals surface area (Å²) in [6.45, 7) is 2.43. The van der Waals surface area contributed by atoms with Gasteiger partial charge in [-0.3, -0.25) is 0 Å². The van der Waals surface area contributed by atoms with Crippen molar-refractivity contribution < 1.29 is 18.6 Å². The van der Waals surface area contributed by atoms with Crippen LogP contribution < -0.4 is 5.73 Å². The molecule has 0 heterocycles. The minimum Gasteiger partial charge on any atom is -0.382 e. The molecule has 1 aromatic carbocycles. The second-order valence-electron chi connectivity index (χ2n) is 3.75. The van der Waals surface area contributed by atoms with E-state index in [-0.39, 0.29) is 19.0 Å². The Morgan fingerprint density at radius 3 is 2.44 bits per heavy atom. The average Bonchev–Trinajstić information content (AvgIpc) is 2.39. The molecule has 0 amide bonds. The molecule has 0 spiro atoms. The van der Waals surface area contributed by atoms with Crippen molar-refractivity contribution in [3.63, 3.8) is 0 Å². The highest BCUT2D eigenvalue weighted by Crippen LogP contribution is 2.13. The van der Waals surface area contributed by atoms with Crippen LogP contribution in [0.15, 0.2) is 18.2 Å². The fraction of sp³-hybridized carbons (Fsp3) is 0.538. The van der Waals surface area contributed by atoms with Gasteiger partial charge in [-0.05, 0) is 0 Å².